The maximum Gasteiger partial charge on any atom is 0.227 e. The van der Waals surface area contributed by atoms with Gasteiger partial charge in [0.2, 0.25) is 5.91 Å². The van der Waals surface area contributed by atoms with Gasteiger partial charge in [0, 0.05) is 31.1 Å². The zero-order valence-corrected chi connectivity index (χ0v) is 12.4. The lowest BCUT2D eigenvalue weighted by Crippen LogP contribution is -2.26. The monoisotopic (exact) mass is 281 g/mol. The molecule has 0 aromatic heterocycles. The summed E-state index contributed by atoms with van der Waals surface area (Å²) in [5, 5.41) is 0. The van der Waals surface area contributed by atoms with Crippen LogP contribution in [0.25, 0.3) is 0 Å². The SMILES string of the molecule is Cc1ccc(C(=O)CCC(=O)N(C)c2ccccc2)cc1. The fourth-order valence-electron chi connectivity index (χ4n) is 2.07. The summed E-state index contributed by atoms with van der Waals surface area (Å²) in [6.07, 6.45) is 0.456. The third kappa shape index (κ3) is 4.02. The fourth-order valence-corrected chi connectivity index (χ4v) is 2.07. The molecule has 0 bridgehead atoms. The highest BCUT2D eigenvalue weighted by Crippen LogP contribution is 2.14. The van der Waals surface area contributed by atoms with Crippen LogP contribution >= 0.6 is 0 Å². The first-order valence-electron chi connectivity index (χ1n) is 6.99. The normalized spacial score (nSPS) is 10.2. The Balaban J connectivity index is 1.92. The van der Waals surface area contributed by atoms with Gasteiger partial charge in [-0.15, -0.1) is 0 Å². The van der Waals surface area contributed by atoms with Crippen molar-refractivity contribution in [1.29, 1.82) is 0 Å². The summed E-state index contributed by atoms with van der Waals surface area (Å²) in [6.45, 7) is 1.98. The number of carbonyl (C=O) groups is 2. The molecule has 0 aliphatic rings. The Labute approximate surface area is 125 Å². The van der Waals surface area contributed by atoms with E-state index in [-0.39, 0.29) is 24.5 Å². The molecule has 108 valence electrons. The van der Waals surface area contributed by atoms with Crippen LogP contribution in [0.4, 0.5) is 5.69 Å². The van der Waals surface area contributed by atoms with Crippen LogP contribution in [-0.4, -0.2) is 18.7 Å². The van der Waals surface area contributed by atoms with E-state index in [0.717, 1.165) is 11.3 Å². The molecule has 0 saturated heterocycles. The maximum atomic E-state index is 12.1. The largest absolute Gasteiger partial charge is 0.315 e. The lowest BCUT2D eigenvalue weighted by atomic mass is 10.0. The lowest BCUT2D eigenvalue weighted by Gasteiger charge is -2.16. The van der Waals surface area contributed by atoms with Gasteiger partial charge in [0.1, 0.15) is 0 Å². The molecule has 0 saturated carbocycles. The third-order valence-electron chi connectivity index (χ3n) is 3.46. The van der Waals surface area contributed by atoms with Crippen LogP contribution in [0.1, 0.15) is 28.8 Å². The van der Waals surface area contributed by atoms with Crippen LogP contribution in [0.15, 0.2) is 54.6 Å². The number of ketones is 1. The highest BCUT2D eigenvalue weighted by molar-refractivity contribution is 6.00. The molecule has 0 heterocycles. The molecule has 2 rings (SSSR count). The number of hydrogen-bond acceptors (Lipinski definition) is 2. The molecule has 3 nitrogen and oxygen atoms in total. The van der Waals surface area contributed by atoms with Crippen molar-refractivity contribution in [1.82, 2.24) is 0 Å². The molecule has 2 aromatic carbocycles. The number of para-hydroxylation sites is 1. The summed E-state index contributed by atoms with van der Waals surface area (Å²) in [5.74, 6) is -0.0496. The van der Waals surface area contributed by atoms with Crippen molar-refractivity contribution in [2.75, 3.05) is 11.9 Å². The molecule has 0 unspecified atom stereocenters. The van der Waals surface area contributed by atoms with E-state index < -0.39 is 0 Å². The number of amides is 1. The Morgan fingerprint density at radius 3 is 2.14 bits per heavy atom. The van der Waals surface area contributed by atoms with Gasteiger partial charge in [-0.25, -0.2) is 0 Å². The average molecular weight is 281 g/mol. The number of aryl methyl sites for hydroxylation is 1. The molecule has 21 heavy (non-hydrogen) atoms. The number of nitrogens with zero attached hydrogens (tertiary/aromatic N) is 1. The summed E-state index contributed by atoms with van der Waals surface area (Å²) < 4.78 is 0. The number of benzene rings is 2. The van der Waals surface area contributed by atoms with Crippen LogP contribution in [0.3, 0.4) is 0 Å². The van der Waals surface area contributed by atoms with E-state index in [1.165, 1.54) is 0 Å². The van der Waals surface area contributed by atoms with Gasteiger partial charge in [-0.2, -0.15) is 0 Å². The van der Waals surface area contributed by atoms with Gasteiger partial charge in [-0.1, -0.05) is 48.0 Å². The second-order valence-electron chi connectivity index (χ2n) is 5.08. The lowest BCUT2D eigenvalue weighted by molar-refractivity contribution is -0.118. The topological polar surface area (TPSA) is 37.4 Å². The van der Waals surface area contributed by atoms with E-state index in [9.17, 15) is 9.59 Å². The van der Waals surface area contributed by atoms with Gasteiger partial charge in [-0.3, -0.25) is 9.59 Å². The predicted molar refractivity (Wildman–Crippen MR) is 84.6 cm³/mol. The minimum atomic E-state index is -0.0540. The molecular weight excluding hydrogens is 262 g/mol. The molecule has 0 radical (unpaired) electrons. The van der Waals surface area contributed by atoms with Crippen molar-refractivity contribution < 1.29 is 9.59 Å². The molecule has 0 aliphatic carbocycles. The van der Waals surface area contributed by atoms with E-state index in [1.54, 1.807) is 11.9 Å². The van der Waals surface area contributed by atoms with E-state index in [2.05, 4.69) is 0 Å². The second kappa shape index (κ2) is 6.84. The quantitative estimate of drug-likeness (QED) is 0.785. The second-order valence-corrected chi connectivity index (χ2v) is 5.08. The summed E-state index contributed by atoms with van der Waals surface area (Å²) in [7, 11) is 1.73. The fraction of sp³-hybridized carbons (Fsp3) is 0.222. The molecule has 2 aromatic rings. The number of rotatable bonds is 5. The molecule has 3 heteroatoms. The standard InChI is InChI=1S/C18H19NO2/c1-14-8-10-15(11-9-14)17(20)12-13-18(21)19(2)16-6-4-3-5-7-16/h3-11H,12-13H2,1-2H3. The van der Waals surface area contributed by atoms with E-state index in [4.69, 9.17) is 0 Å². The Morgan fingerprint density at radius 1 is 0.905 bits per heavy atom. The van der Waals surface area contributed by atoms with E-state index in [0.29, 0.717) is 5.56 Å². The van der Waals surface area contributed by atoms with Gasteiger partial charge in [0.25, 0.3) is 0 Å². The highest BCUT2D eigenvalue weighted by atomic mass is 16.2. The molecular formula is C18H19NO2. The van der Waals surface area contributed by atoms with Crippen molar-refractivity contribution in [2.45, 2.75) is 19.8 Å². The zero-order valence-electron chi connectivity index (χ0n) is 12.4. The Morgan fingerprint density at radius 2 is 1.52 bits per heavy atom. The zero-order chi connectivity index (χ0) is 15.2. The molecule has 0 fully saturated rings. The molecule has 0 aliphatic heterocycles. The minimum absolute atomic E-state index is 0.00446. The van der Waals surface area contributed by atoms with Crippen LogP contribution in [0.5, 0.6) is 0 Å². The van der Waals surface area contributed by atoms with Gasteiger partial charge in [0.15, 0.2) is 5.78 Å². The van der Waals surface area contributed by atoms with Crippen LogP contribution < -0.4 is 4.90 Å². The van der Waals surface area contributed by atoms with E-state index in [1.807, 2.05) is 61.5 Å². The Hall–Kier alpha value is -2.42. The van der Waals surface area contributed by atoms with Crippen molar-refractivity contribution >= 4 is 17.4 Å². The van der Waals surface area contributed by atoms with E-state index >= 15 is 0 Å². The van der Waals surface area contributed by atoms with Gasteiger partial charge >= 0.3 is 0 Å². The minimum Gasteiger partial charge on any atom is -0.315 e. The first-order valence-corrected chi connectivity index (χ1v) is 6.99. The third-order valence-corrected chi connectivity index (χ3v) is 3.46. The number of carbonyl (C=O) groups excluding carboxylic acids is 2. The molecule has 1 amide bonds. The van der Waals surface area contributed by atoms with Crippen molar-refractivity contribution in [3.63, 3.8) is 0 Å². The number of hydrogen-bond donors (Lipinski definition) is 0. The van der Waals surface area contributed by atoms with Crippen LogP contribution in [-0.2, 0) is 4.79 Å². The summed E-state index contributed by atoms with van der Waals surface area (Å²) in [4.78, 5) is 25.7. The van der Waals surface area contributed by atoms with Gasteiger partial charge in [-0.05, 0) is 19.1 Å². The van der Waals surface area contributed by atoms with Crippen molar-refractivity contribution in [2.24, 2.45) is 0 Å². The van der Waals surface area contributed by atoms with Gasteiger partial charge < -0.3 is 4.90 Å². The Bertz CT molecular complexity index is 617. The van der Waals surface area contributed by atoms with Crippen molar-refractivity contribution in [3.05, 3.63) is 65.7 Å². The molecule has 0 spiro atoms. The first kappa shape index (κ1) is 15.0. The number of anilines is 1. The average Bonchev–Trinajstić information content (AvgIpc) is 2.53. The Kier molecular flexibility index (Phi) is 4.88. The van der Waals surface area contributed by atoms with Crippen molar-refractivity contribution in [3.8, 4) is 0 Å². The van der Waals surface area contributed by atoms with Gasteiger partial charge in [0.05, 0.1) is 0 Å². The predicted octanol–water partition coefficient (Wildman–Crippen LogP) is 3.62. The summed E-state index contributed by atoms with van der Waals surface area (Å²) in [5.41, 5.74) is 2.62. The summed E-state index contributed by atoms with van der Waals surface area (Å²) >= 11 is 0. The molecule has 0 atom stereocenters. The van der Waals surface area contributed by atoms with Crippen LogP contribution in [0, 0.1) is 6.92 Å². The summed E-state index contributed by atoms with van der Waals surface area (Å²) in [6, 6.07) is 16.9. The van der Waals surface area contributed by atoms with Crippen LogP contribution in [0.2, 0.25) is 0 Å². The molecule has 0 N–H and O–H groups in total. The maximum absolute atomic E-state index is 12.1. The smallest absolute Gasteiger partial charge is 0.227 e. The first-order chi connectivity index (χ1) is 10.1. The number of Topliss-reactive ketones (excluding diaryl/α,β-unsaturated/α-hetero) is 1. The highest BCUT2D eigenvalue weighted by Gasteiger charge is 2.13.